The third kappa shape index (κ3) is 1.44. The van der Waals surface area contributed by atoms with Gasteiger partial charge in [0.2, 0.25) is 0 Å². The summed E-state index contributed by atoms with van der Waals surface area (Å²) in [7, 11) is 0. The fourth-order valence-electron chi connectivity index (χ4n) is 1.77. The van der Waals surface area contributed by atoms with Crippen LogP contribution in [0.2, 0.25) is 0 Å². The van der Waals surface area contributed by atoms with Crippen molar-refractivity contribution >= 4 is 5.69 Å². The van der Waals surface area contributed by atoms with E-state index in [0.717, 1.165) is 23.3 Å². The quantitative estimate of drug-likeness (QED) is 0.663. The first-order valence-electron chi connectivity index (χ1n) is 4.76. The van der Waals surface area contributed by atoms with Gasteiger partial charge in [-0.25, -0.2) is 0 Å². The Kier molecular flexibility index (Phi) is 1.93. The second-order valence-corrected chi connectivity index (χ2v) is 4.20. The molecule has 14 heavy (non-hydrogen) atoms. The molecule has 76 valence electrons. The Morgan fingerprint density at radius 1 is 1.43 bits per heavy atom. The minimum absolute atomic E-state index is 0.641. The number of ether oxygens (including phenoxy) is 1. The van der Waals surface area contributed by atoms with Crippen molar-refractivity contribution in [2.45, 2.75) is 25.9 Å². The molecule has 3 N–H and O–H groups in total. The van der Waals surface area contributed by atoms with Crippen LogP contribution in [0, 0.1) is 0 Å². The maximum atomic E-state index is 9.87. The molecule has 3 nitrogen and oxygen atoms in total. The third-order valence-electron chi connectivity index (χ3n) is 2.52. The summed E-state index contributed by atoms with van der Waals surface area (Å²) in [6.07, 6.45) is 0.908. The van der Waals surface area contributed by atoms with Gasteiger partial charge in [0.15, 0.2) is 0 Å². The first kappa shape index (κ1) is 9.34. The molecular weight excluding hydrogens is 178 g/mol. The van der Waals surface area contributed by atoms with Crippen LogP contribution in [-0.4, -0.2) is 11.7 Å². The van der Waals surface area contributed by atoms with E-state index in [4.69, 9.17) is 10.5 Å². The van der Waals surface area contributed by atoms with Gasteiger partial charge in [0, 0.05) is 17.7 Å². The fourth-order valence-corrected chi connectivity index (χ4v) is 1.77. The minimum atomic E-state index is -0.912. The molecule has 0 aliphatic carbocycles. The summed E-state index contributed by atoms with van der Waals surface area (Å²) in [6.45, 7) is 4.16. The zero-order valence-electron chi connectivity index (χ0n) is 8.50. The van der Waals surface area contributed by atoms with Crippen molar-refractivity contribution in [3.05, 3.63) is 23.3 Å². The number of benzene rings is 1. The minimum Gasteiger partial charge on any atom is -0.493 e. The zero-order valence-corrected chi connectivity index (χ0v) is 8.50. The van der Waals surface area contributed by atoms with Crippen LogP contribution < -0.4 is 10.5 Å². The first-order valence-corrected chi connectivity index (χ1v) is 4.76. The normalized spacial score (nSPS) is 15.1. The number of hydrogen-bond acceptors (Lipinski definition) is 3. The number of nitrogen functional groups attached to an aromatic ring is 1. The standard InChI is InChI=1S/C11H15NO2/c1-11(2,13)8-6-10-7(3-4-14-10)5-9(8)12/h5-6,13H,3-4,12H2,1-2H3. The van der Waals surface area contributed by atoms with Gasteiger partial charge in [-0.1, -0.05) is 0 Å². The van der Waals surface area contributed by atoms with Gasteiger partial charge in [-0.3, -0.25) is 0 Å². The lowest BCUT2D eigenvalue weighted by Crippen LogP contribution is -2.17. The van der Waals surface area contributed by atoms with E-state index in [0.29, 0.717) is 12.3 Å². The van der Waals surface area contributed by atoms with E-state index in [-0.39, 0.29) is 0 Å². The molecule has 0 saturated carbocycles. The largest absolute Gasteiger partial charge is 0.493 e. The van der Waals surface area contributed by atoms with Crippen LogP contribution in [0.3, 0.4) is 0 Å². The Balaban J connectivity index is 2.53. The second-order valence-electron chi connectivity index (χ2n) is 4.20. The predicted octanol–water partition coefficient (Wildman–Crippen LogP) is 1.43. The van der Waals surface area contributed by atoms with Crippen LogP contribution in [0.25, 0.3) is 0 Å². The molecule has 1 aromatic rings. The Morgan fingerprint density at radius 3 is 2.79 bits per heavy atom. The Morgan fingerprint density at radius 2 is 2.14 bits per heavy atom. The topological polar surface area (TPSA) is 55.5 Å². The molecule has 0 saturated heterocycles. The Hall–Kier alpha value is -1.22. The Bertz CT molecular complexity index is 366. The number of aliphatic hydroxyl groups is 1. The lowest BCUT2D eigenvalue weighted by molar-refractivity contribution is 0.0791. The fraction of sp³-hybridized carbons (Fsp3) is 0.455. The molecule has 0 bridgehead atoms. The highest BCUT2D eigenvalue weighted by atomic mass is 16.5. The van der Waals surface area contributed by atoms with Crippen molar-refractivity contribution in [1.29, 1.82) is 0 Å². The molecule has 1 aliphatic heterocycles. The van der Waals surface area contributed by atoms with Crippen LogP contribution in [-0.2, 0) is 12.0 Å². The van der Waals surface area contributed by atoms with E-state index in [1.165, 1.54) is 0 Å². The number of nitrogens with two attached hydrogens (primary N) is 1. The summed E-state index contributed by atoms with van der Waals surface area (Å²) in [5.74, 6) is 0.858. The highest BCUT2D eigenvalue weighted by molar-refractivity contribution is 5.57. The van der Waals surface area contributed by atoms with E-state index in [9.17, 15) is 5.11 Å². The average molecular weight is 193 g/mol. The Labute approximate surface area is 83.5 Å². The second kappa shape index (κ2) is 2.89. The van der Waals surface area contributed by atoms with Crippen molar-refractivity contribution in [3.63, 3.8) is 0 Å². The maximum Gasteiger partial charge on any atom is 0.123 e. The number of anilines is 1. The predicted molar refractivity (Wildman–Crippen MR) is 55.3 cm³/mol. The van der Waals surface area contributed by atoms with Gasteiger partial charge < -0.3 is 15.6 Å². The van der Waals surface area contributed by atoms with E-state index in [2.05, 4.69) is 0 Å². The third-order valence-corrected chi connectivity index (χ3v) is 2.52. The number of hydrogen-bond donors (Lipinski definition) is 2. The summed E-state index contributed by atoms with van der Waals surface area (Å²) in [6, 6.07) is 3.74. The van der Waals surface area contributed by atoms with E-state index >= 15 is 0 Å². The van der Waals surface area contributed by atoms with Crippen molar-refractivity contribution in [2.75, 3.05) is 12.3 Å². The smallest absolute Gasteiger partial charge is 0.123 e. The van der Waals surface area contributed by atoms with Gasteiger partial charge in [0.05, 0.1) is 12.2 Å². The molecule has 3 heteroatoms. The van der Waals surface area contributed by atoms with Crippen LogP contribution in [0.15, 0.2) is 12.1 Å². The van der Waals surface area contributed by atoms with Gasteiger partial charge in [-0.15, -0.1) is 0 Å². The molecule has 1 aromatic carbocycles. The van der Waals surface area contributed by atoms with Crippen molar-refractivity contribution in [3.8, 4) is 5.75 Å². The van der Waals surface area contributed by atoms with Crippen molar-refractivity contribution < 1.29 is 9.84 Å². The van der Waals surface area contributed by atoms with Crippen LogP contribution in [0.1, 0.15) is 25.0 Å². The van der Waals surface area contributed by atoms with Gasteiger partial charge in [-0.2, -0.15) is 0 Å². The molecule has 0 atom stereocenters. The number of rotatable bonds is 1. The summed E-state index contributed by atoms with van der Waals surface area (Å²) in [5.41, 5.74) is 7.46. The molecule has 0 fully saturated rings. The van der Waals surface area contributed by atoms with Gasteiger partial charge in [0.1, 0.15) is 5.75 Å². The molecule has 1 aliphatic rings. The van der Waals surface area contributed by atoms with Crippen LogP contribution in [0.5, 0.6) is 5.75 Å². The summed E-state index contributed by atoms with van der Waals surface area (Å²) in [4.78, 5) is 0. The molecule has 2 rings (SSSR count). The average Bonchev–Trinajstić information content (AvgIpc) is 2.47. The summed E-state index contributed by atoms with van der Waals surface area (Å²) in [5, 5.41) is 9.87. The number of fused-ring (bicyclic) bond motifs is 1. The molecule has 0 radical (unpaired) electrons. The molecule has 0 spiro atoms. The highest BCUT2D eigenvalue weighted by Gasteiger charge is 2.23. The maximum absolute atomic E-state index is 9.87. The van der Waals surface area contributed by atoms with Gasteiger partial charge >= 0.3 is 0 Å². The molecular formula is C11H15NO2. The van der Waals surface area contributed by atoms with E-state index in [1.54, 1.807) is 13.8 Å². The summed E-state index contributed by atoms with van der Waals surface area (Å²) < 4.78 is 5.42. The van der Waals surface area contributed by atoms with Gasteiger partial charge in [-0.05, 0) is 31.5 Å². The molecule has 0 aromatic heterocycles. The first-order chi connectivity index (χ1) is 6.48. The monoisotopic (exact) mass is 193 g/mol. The summed E-state index contributed by atoms with van der Waals surface area (Å²) >= 11 is 0. The molecule has 0 amide bonds. The van der Waals surface area contributed by atoms with E-state index in [1.807, 2.05) is 12.1 Å². The van der Waals surface area contributed by atoms with Crippen LogP contribution >= 0.6 is 0 Å². The molecule has 1 heterocycles. The zero-order chi connectivity index (χ0) is 10.3. The van der Waals surface area contributed by atoms with Crippen LogP contribution in [0.4, 0.5) is 5.69 Å². The van der Waals surface area contributed by atoms with Crippen molar-refractivity contribution in [1.82, 2.24) is 0 Å². The van der Waals surface area contributed by atoms with E-state index < -0.39 is 5.60 Å². The SMILES string of the molecule is CC(C)(O)c1cc2c(cc1N)CCO2. The van der Waals surface area contributed by atoms with Crippen molar-refractivity contribution in [2.24, 2.45) is 0 Å². The lowest BCUT2D eigenvalue weighted by Gasteiger charge is -2.20. The molecule has 0 unspecified atom stereocenters. The lowest BCUT2D eigenvalue weighted by atomic mass is 9.94. The highest BCUT2D eigenvalue weighted by Crippen LogP contribution is 2.35. The van der Waals surface area contributed by atoms with Gasteiger partial charge in [0.25, 0.3) is 0 Å².